The second-order valence-electron chi connectivity index (χ2n) is 5.96. The SMILES string of the molecule is O=C(O)C1CC2CCC1N2Cc1cc(Cl)c2c(c1)OCO2. The Hall–Kier alpha value is -1.46. The highest BCUT2D eigenvalue weighted by Crippen LogP contribution is 2.44. The van der Waals surface area contributed by atoms with Gasteiger partial charge in [-0.2, -0.15) is 0 Å². The molecule has 5 nitrogen and oxygen atoms in total. The van der Waals surface area contributed by atoms with Crippen LogP contribution in [0.5, 0.6) is 11.5 Å². The fourth-order valence-electron chi connectivity index (χ4n) is 3.94. The number of hydrogen-bond acceptors (Lipinski definition) is 4. The number of nitrogens with zero attached hydrogens (tertiary/aromatic N) is 1. The molecule has 3 atom stereocenters. The molecule has 0 aromatic heterocycles. The number of halogens is 1. The van der Waals surface area contributed by atoms with E-state index in [4.69, 9.17) is 21.1 Å². The van der Waals surface area contributed by atoms with Crippen molar-refractivity contribution in [2.45, 2.75) is 37.9 Å². The number of carbonyl (C=O) groups is 1. The summed E-state index contributed by atoms with van der Waals surface area (Å²) in [7, 11) is 0. The largest absolute Gasteiger partial charge is 0.481 e. The Bertz CT molecular complexity index is 606. The molecule has 0 amide bonds. The fourth-order valence-corrected chi connectivity index (χ4v) is 4.22. The van der Waals surface area contributed by atoms with Gasteiger partial charge in [0.15, 0.2) is 11.5 Å². The molecule has 2 saturated heterocycles. The Morgan fingerprint density at radius 2 is 2.24 bits per heavy atom. The fraction of sp³-hybridized carbons (Fsp3) is 0.533. The van der Waals surface area contributed by atoms with Crippen LogP contribution in [-0.4, -0.2) is 34.9 Å². The number of carboxylic acid groups (broad SMARTS) is 1. The third-order valence-corrected chi connectivity index (χ3v) is 5.13. The van der Waals surface area contributed by atoms with Crippen LogP contribution in [0.2, 0.25) is 5.02 Å². The van der Waals surface area contributed by atoms with Crippen LogP contribution in [0.25, 0.3) is 0 Å². The van der Waals surface area contributed by atoms with Crippen molar-refractivity contribution < 1.29 is 19.4 Å². The van der Waals surface area contributed by atoms with E-state index < -0.39 is 5.97 Å². The zero-order valence-electron chi connectivity index (χ0n) is 11.4. The summed E-state index contributed by atoms with van der Waals surface area (Å²) in [6.07, 6.45) is 2.82. The molecule has 3 aliphatic heterocycles. The molecule has 1 aromatic rings. The highest BCUT2D eigenvalue weighted by molar-refractivity contribution is 6.32. The number of fused-ring (bicyclic) bond motifs is 3. The molecule has 1 aromatic carbocycles. The molecule has 0 saturated carbocycles. The first-order valence-electron chi connectivity index (χ1n) is 7.20. The minimum Gasteiger partial charge on any atom is -0.481 e. The van der Waals surface area contributed by atoms with Gasteiger partial charge in [0.05, 0.1) is 10.9 Å². The predicted octanol–water partition coefficient (Wildman–Crippen LogP) is 2.51. The summed E-state index contributed by atoms with van der Waals surface area (Å²) in [4.78, 5) is 13.6. The molecule has 0 aliphatic carbocycles. The predicted molar refractivity (Wildman–Crippen MR) is 75.7 cm³/mol. The molecule has 1 N–H and O–H groups in total. The summed E-state index contributed by atoms with van der Waals surface area (Å²) in [6.45, 7) is 0.921. The van der Waals surface area contributed by atoms with Gasteiger partial charge in [0.2, 0.25) is 6.79 Å². The summed E-state index contributed by atoms with van der Waals surface area (Å²) in [5.74, 6) is 0.385. The van der Waals surface area contributed by atoms with Gasteiger partial charge in [-0.05, 0) is 37.0 Å². The van der Waals surface area contributed by atoms with E-state index in [9.17, 15) is 9.90 Å². The van der Waals surface area contributed by atoms with Crippen LogP contribution >= 0.6 is 11.6 Å². The first-order chi connectivity index (χ1) is 10.1. The maximum atomic E-state index is 11.3. The van der Waals surface area contributed by atoms with Crippen molar-refractivity contribution in [2.24, 2.45) is 5.92 Å². The lowest BCUT2D eigenvalue weighted by Crippen LogP contribution is -2.32. The van der Waals surface area contributed by atoms with Crippen molar-refractivity contribution in [3.05, 3.63) is 22.7 Å². The van der Waals surface area contributed by atoms with Gasteiger partial charge in [0, 0.05) is 18.6 Å². The molecule has 112 valence electrons. The number of hydrogen-bond donors (Lipinski definition) is 1. The van der Waals surface area contributed by atoms with E-state index >= 15 is 0 Å². The third-order valence-electron chi connectivity index (χ3n) is 4.85. The van der Waals surface area contributed by atoms with E-state index in [-0.39, 0.29) is 18.8 Å². The minimum atomic E-state index is -0.670. The molecular formula is C15H16ClNO4. The van der Waals surface area contributed by atoms with Crippen molar-refractivity contribution in [2.75, 3.05) is 6.79 Å². The van der Waals surface area contributed by atoms with Crippen molar-refractivity contribution in [1.82, 2.24) is 4.90 Å². The zero-order chi connectivity index (χ0) is 14.6. The van der Waals surface area contributed by atoms with E-state index in [0.29, 0.717) is 22.6 Å². The average molecular weight is 310 g/mol. The van der Waals surface area contributed by atoms with Crippen LogP contribution in [0, 0.1) is 5.92 Å². The lowest BCUT2D eigenvalue weighted by atomic mass is 9.89. The van der Waals surface area contributed by atoms with Gasteiger partial charge >= 0.3 is 5.97 Å². The molecular weight excluding hydrogens is 294 g/mol. The van der Waals surface area contributed by atoms with Gasteiger partial charge < -0.3 is 14.6 Å². The molecule has 6 heteroatoms. The highest BCUT2D eigenvalue weighted by atomic mass is 35.5. The Morgan fingerprint density at radius 1 is 1.38 bits per heavy atom. The number of aliphatic carboxylic acids is 1. The van der Waals surface area contributed by atoms with Crippen LogP contribution in [0.4, 0.5) is 0 Å². The van der Waals surface area contributed by atoms with Gasteiger partial charge in [-0.25, -0.2) is 0 Å². The Kier molecular flexibility index (Phi) is 3.01. The molecule has 4 rings (SSSR count). The maximum Gasteiger partial charge on any atom is 0.308 e. The standard InChI is InChI=1S/C15H16ClNO4/c16-11-3-8(4-13-14(11)21-7-20-13)6-17-9-1-2-12(17)10(5-9)15(18)19/h3-4,9-10,12H,1-2,5-7H2,(H,18,19). The van der Waals surface area contributed by atoms with Gasteiger partial charge in [0.1, 0.15) is 0 Å². The van der Waals surface area contributed by atoms with Crippen LogP contribution < -0.4 is 9.47 Å². The summed E-state index contributed by atoms with van der Waals surface area (Å²) in [5, 5.41) is 9.86. The van der Waals surface area contributed by atoms with Gasteiger partial charge in [-0.3, -0.25) is 9.69 Å². The third kappa shape index (κ3) is 2.07. The van der Waals surface area contributed by atoms with Crippen LogP contribution in [0.1, 0.15) is 24.8 Å². The zero-order valence-corrected chi connectivity index (χ0v) is 12.2. The van der Waals surface area contributed by atoms with Crippen molar-refractivity contribution in [1.29, 1.82) is 0 Å². The summed E-state index contributed by atoms with van der Waals surface area (Å²) in [6, 6.07) is 4.36. The highest BCUT2D eigenvalue weighted by Gasteiger charge is 2.49. The molecule has 3 heterocycles. The number of rotatable bonds is 3. The quantitative estimate of drug-likeness (QED) is 0.929. The minimum absolute atomic E-state index is 0.150. The Labute approximate surface area is 127 Å². The smallest absolute Gasteiger partial charge is 0.308 e. The van der Waals surface area contributed by atoms with Gasteiger partial charge in [-0.15, -0.1) is 0 Å². The molecule has 3 aliphatic rings. The van der Waals surface area contributed by atoms with E-state index in [1.807, 2.05) is 12.1 Å². The van der Waals surface area contributed by atoms with Crippen LogP contribution in [0.3, 0.4) is 0 Å². The Morgan fingerprint density at radius 3 is 3.00 bits per heavy atom. The topological polar surface area (TPSA) is 59.0 Å². The number of carboxylic acids is 1. The first kappa shape index (κ1) is 13.2. The van der Waals surface area contributed by atoms with Crippen molar-refractivity contribution in [3.63, 3.8) is 0 Å². The molecule has 2 fully saturated rings. The lowest BCUT2D eigenvalue weighted by molar-refractivity contribution is -0.142. The molecule has 2 bridgehead atoms. The summed E-state index contributed by atoms with van der Waals surface area (Å²) >= 11 is 6.21. The molecule has 21 heavy (non-hydrogen) atoms. The van der Waals surface area contributed by atoms with E-state index in [1.165, 1.54) is 0 Å². The second kappa shape index (κ2) is 4.78. The van der Waals surface area contributed by atoms with Gasteiger partial charge in [-0.1, -0.05) is 11.6 Å². The molecule has 0 spiro atoms. The number of benzene rings is 1. The average Bonchev–Trinajstić information content (AvgIpc) is 3.14. The normalized spacial score (nSPS) is 30.0. The second-order valence-corrected chi connectivity index (χ2v) is 6.37. The van der Waals surface area contributed by atoms with Crippen molar-refractivity contribution >= 4 is 17.6 Å². The van der Waals surface area contributed by atoms with E-state index in [0.717, 1.165) is 31.4 Å². The summed E-state index contributed by atoms with van der Waals surface area (Å²) in [5.41, 5.74) is 1.05. The number of ether oxygens (including phenoxy) is 2. The van der Waals surface area contributed by atoms with Crippen LogP contribution in [-0.2, 0) is 11.3 Å². The van der Waals surface area contributed by atoms with E-state index in [1.54, 1.807) is 0 Å². The molecule has 0 radical (unpaired) electrons. The first-order valence-corrected chi connectivity index (χ1v) is 7.58. The molecule has 3 unspecified atom stereocenters. The van der Waals surface area contributed by atoms with Crippen LogP contribution in [0.15, 0.2) is 12.1 Å². The monoisotopic (exact) mass is 309 g/mol. The lowest BCUT2D eigenvalue weighted by Gasteiger charge is -2.23. The van der Waals surface area contributed by atoms with Crippen molar-refractivity contribution in [3.8, 4) is 11.5 Å². The summed E-state index contributed by atoms with van der Waals surface area (Å²) < 4.78 is 10.7. The van der Waals surface area contributed by atoms with Gasteiger partial charge in [0.25, 0.3) is 0 Å². The Balaban J connectivity index is 1.57. The van der Waals surface area contributed by atoms with E-state index in [2.05, 4.69) is 4.90 Å². The maximum absolute atomic E-state index is 11.3.